The van der Waals surface area contributed by atoms with E-state index in [1.54, 1.807) is 49.4 Å². The van der Waals surface area contributed by atoms with Gasteiger partial charge in [0.2, 0.25) is 5.91 Å². The van der Waals surface area contributed by atoms with Crippen molar-refractivity contribution in [3.8, 4) is 11.5 Å². The molecule has 8 nitrogen and oxygen atoms in total. The number of benzene rings is 2. The van der Waals surface area contributed by atoms with Crippen molar-refractivity contribution in [3.63, 3.8) is 0 Å². The summed E-state index contributed by atoms with van der Waals surface area (Å²) in [6.45, 7) is 1.09. The van der Waals surface area contributed by atoms with E-state index in [9.17, 15) is 14.4 Å². The number of ether oxygens (including phenoxy) is 2. The maximum Gasteiger partial charge on any atom is 0.325 e. The maximum atomic E-state index is 13.0. The molecule has 0 bridgehead atoms. The number of amides is 4. The summed E-state index contributed by atoms with van der Waals surface area (Å²) in [7, 11) is 2.96. The standard InChI is InChI=1S/C20H20ClN3O5/c1-20(13-6-4-5-7-14(13)21)18(26)24(19(27)23-20)11-17(25)22-15-10-12(28-2)8-9-16(15)29-3/h4-10H,11H2,1-3H3,(H,22,25)(H,23,27). The number of rotatable bonds is 6. The number of urea groups is 1. The summed E-state index contributed by atoms with van der Waals surface area (Å²) in [4.78, 5) is 38.8. The Bertz CT molecular complexity index is 980. The average Bonchev–Trinajstić information content (AvgIpc) is 2.92. The van der Waals surface area contributed by atoms with Crippen LogP contribution in [-0.2, 0) is 15.1 Å². The van der Waals surface area contributed by atoms with Crippen molar-refractivity contribution in [1.29, 1.82) is 0 Å². The van der Waals surface area contributed by atoms with Gasteiger partial charge in [0.1, 0.15) is 23.6 Å². The molecule has 1 heterocycles. The van der Waals surface area contributed by atoms with E-state index in [1.165, 1.54) is 14.2 Å². The van der Waals surface area contributed by atoms with Crippen LogP contribution in [-0.4, -0.2) is 43.5 Å². The molecule has 1 saturated heterocycles. The van der Waals surface area contributed by atoms with Crippen molar-refractivity contribution < 1.29 is 23.9 Å². The van der Waals surface area contributed by atoms with Gasteiger partial charge in [-0.2, -0.15) is 0 Å². The zero-order chi connectivity index (χ0) is 21.2. The lowest BCUT2D eigenvalue weighted by Gasteiger charge is -2.23. The minimum atomic E-state index is -1.36. The van der Waals surface area contributed by atoms with E-state index in [0.29, 0.717) is 27.8 Å². The van der Waals surface area contributed by atoms with Crippen LogP contribution in [0.25, 0.3) is 0 Å². The van der Waals surface area contributed by atoms with Crippen LogP contribution in [0.5, 0.6) is 11.5 Å². The maximum absolute atomic E-state index is 13.0. The molecule has 2 aromatic rings. The first-order chi connectivity index (χ1) is 13.8. The second-order valence-electron chi connectivity index (χ2n) is 6.54. The van der Waals surface area contributed by atoms with E-state index < -0.39 is 29.9 Å². The van der Waals surface area contributed by atoms with Gasteiger partial charge in [0.25, 0.3) is 5.91 Å². The van der Waals surface area contributed by atoms with Crippen LogP contribution >= 0.6 is 11.6 Å². The van der Waals surface area contributed by atoms with E-state index >= 15 is 0 Å². The summed E-state index contributed by atoms with van der Waals surface area (Å²) < 4.78 is 10.4. The summed E-state index contributed by atoms with van der Waals surface area (Å²) in [6, 6.07) is 11.0. The Morgan fingerprint density at radius 2 is 1.90 bits per heavy atom. The largest absolute Gasteiger partial charge is 0.497 e. The molecule has 2 aromatic carbocycles. The zero-order valence-electron chi connectivity index (χ0n) is 16.1. The Hall–Kier alpha value is -3.26. The van der Waals surface area contributed by atoms with Crippen LogP contribution in [0.15, 0.2) is 42.5 Å². The summed E-state index contributed by atoms with van der Waals surface area (Å²) >= 11 is 6.20. The number of nitrogens with one attached hydrogen (secondary N) is 2. The molecule has 1 aliphatic heterocycles. The number of carbonyl (C=O) groups excluding carboxylic acids is 3. The third-order valence-corrected chi connectivity index (χ3v) is 5.00. The fourth-order valence-electron chi connectivity index (χ4n) is 3.13. The lowest BCUT2D eigenvalue weighted by atomic mass is 9.92. The summed E-state index contributed by atoms with van der Waals surface area (Å²) in [5.74, 6) is -0.202. The van der Waals surface area contributed by atoms with Gasteiger partial charge in [-0.05, 0) is 25.1 Å². The lowest BCUT2D eigenvalue weighted by molar-refractivity contribution is -0.133. The third kappa shape index (κ3) is 3.84. The minimum Gasteiger partial charge on any atom is -0.497 e. The Morgan fingerprint density at radius 3 is 2.55 bits per heavy atom. The van der Waals surface area contributed by atoms with Gasteiger partial charge in [-0.1, -0.05) is 29.8 Å². The fourth-order valence-corrected chi connectivity index (χ4v) is 3.46. The number of halogens is 1. The average molecular weight is 418 g/mol. The molecule has 0 aliphatic carbocycles. The highest BCUT2D eigenvalue weighted by Crippen LogP contribution is 2.33. The number of nitrogens with zero attached hydrogens (tertiary/aromatic N) is 1. The van der Waals surface area contributed by atoms with Crippen molar-refractivity contribution in [2.24, 2.45) is 0 Å². The van der Waals surface area contributed by atoms with Crippen LogP contribution in [0, 0.1) is 0 Å². The molecule has 0 aromatic heterocycles. The second kappa shape index (κ2) is 8.00. The number of imide groups is 1. The van der Waals surface area contributed by atoms with E-state index in [0.717, 1.165) is 4.90 Å². The number of anilines is 1. The van der Waals surface area contributed by atoms with Crippen molar-refractivity contribution >= 4 is 35.1 Å². The van der Waals surface area contributed by atoms with Gasteiger partial charge in [-0.25, -0.2) is 4.79 Å². The molecular formula is C20H20ClN3O5. The van der Waals surface area contributed by atoms with Gasteiger partial charge in [0.05, 0.1) is 19.9 Å². The smallest absolute Gasteiger partial charge is 0.325 e. The Balaban J connectivity index is 1.79. The second-order valence-corrected chi connectivity index (χ2v) is 6.95. The summed E-state index contributed by atoms with van der Waals surface area (Å²) in [6.07, 6.45) is 0. The molecular weight excluding hydrogens is 398 g/mol. The Labute approximate surface area is 172 Å². The predicted octanol–water partition coefficient (Wildman–Crippen LogP) is 2.76. The fraction of sp³-hybridized carbons (Fsp3) is 0.250. The van der Waals surface area contributed by atoms with Crippen LogP contribution < -0.4 is 20.1 Å². The van der Waals surface area contributed by atoms with Crippen molar-refractivity contribution in [1.82, 2.24) is 10.2 Å². The molecule has 1 aliphatic rings. The number of methoxy groups -OCH3 is 2. The number of hydrogen-bond acceptors (Lipinski definition) is 5. The van der Waals surface area contributed by atoms with E-state index in [4.69, 9.17) is 21.1 Å². The lowest BCUT2D eigenvalue weighted by Crippen LogP contribution is -2.42. The normalized spacial score (nSPS) is 18.4. The molecule has 0 radical (unpaired) electrons. The quantitative estimate of drug-likeness (QED) is 0.704. The number of hydrogen-bond donors (Lipinski definition) is 2. The SMILES string of the molecule is COc1ccc(OC)c(NC(=O)CN2C(=O)NC(C)(c3ccccc3Cl)C2=O)c1. The predicted molar refractivity (Wildman–Crippen MR) is 107 cm³/mol. The van der Waals surface area contributed by atoms with Gasteiger partial charge >= 0.3 is 6.03 Å². The van der Waals surface area contributed by atoms with Gasteiger partial charge < -0.3 is 20.1 Å². The topological polar surface area (TPSA) is 97.0 Å². The molecule has 3 rings (SSSR count). The molecule has 152 valence electrons. The first-order valence-electron chi connectivity index (χ1n) is 8.71. The molecule has 9 heteroatoms. The highest BCUT2D eigenvalue weighted by molar-refractivity contribution is 6.32. The molecule has 1 unspecified atom stereocenters. The Morgan fingerprint density at radius 1 is 1.17 bits per heavy atom. The minimum absolute atomic E-state index is 0.344. The Kier molecular flexibility index (Phi) is 5.65. The van der Waals surface area contributed by atoms with E-state index in [-0.39, 0.29) is 0 Å². The molecule has 0 saturated carbocycles. The molecule has 1 fully saturated rings. The molecule has 2 N–H and O–H groups in total. The highest BCUT2D eigenvalue weighted by Gasteiger charge is 2.50. The summed E-state index contributed by atoms with van der Waals surface area (Å²) in [5.41, 5.74) is -0.543. The first kappa shape index (κ1) is 20.5. The van der Waals surface area contributed by atoms with Crippen LogP contribution in [0.2, 0.25) is 5.02 Å². The van der Waals surface area contributed by atoms with Crippen LogP contribution in [0.3, 0.4) is 0 Å². The van der Waals surface area contributed by atoms with E-state index in [2.05, 4.69) is 10.6 Å². The van der Waals surface area contributed by atoms with Crippen molar-refractivity contribution in [2.75, 3.05) is 26.1 Å². The van der Waals surface area contributed by atoms with Crippen LogP contribution in [0.4, 0.5) is 10.5 Å². The molecule has 1 atom stereocenters. The molecule has 29 heavy (non-hydrogen) atoms. The third-order valence-electron chi connectivity index (χ3n) is 4.67. The number of carbonyl (C=O) groups is 3. The highest BCUT2D eigenvalue weighted by atomic mass is 35.5. The van der Waals surface area contributed by atoms with Gasteiger partial charge in [-0.15, -0.1) is 0 Å². The van der Waals surface area contributed by atoms with E-state index in [1.807, 2.05) is 0 Å². The molecule has 4 amide bonds. The summed E-state index contributed by atoms with van der Waals surface area (Å²) in [5, 5.41) is 5.61. The van der Waals surface area contributed by atoms with Crippen molar-refractivity contribution in [3.05, 3.63) is 53.1 Å². The zero-order valence-corrected chi connectivity index (χ0v) is 16.9. The van der Waals surface area contributed by atoms with Gasteiger partial charge in [-0.3, -0.25) is 14.5 Å². The van der Waals surface area contributed by atoms with Gasteiger partial charge in [0, 0.05) is 16.7 Å². The molecule has 0 spiro atoms. The monoisotopic (exact) mass is 417 g/mol. The first-order valence-corrected chi connectivity index (χ1v) is 9.09. The van der Waals surface area contributed by atoms with Crippen molar-refractivity contribution in [2.45, 2.75) is 12.5 Å². The van der Waals surface area contributed by atoms with Crippen LogP contribution in [0.1, 0.15) is 12.5 Å². The van der Waals surface area contributed by atoms with Gasteiger partial charge in [0.15, 0.2) is 0 Å².